The van der Waals surface area contributed by atoms with Crippen molar-refractivity contribution in [3.63, 3.8) is 0 Å². The number of carbonyl (C=O) groups excluding carboxylic acids is 1. The van der Waals surface area contributed by atoms with Crippen molar-refractivity contribution < 1.29 is 18.7 Å². The van der Waals surface area contributed by atoms with Crippen LogP contribution in [0.5, 0.6) is 11.5 Å². The average Bonchev–Trinajstić information content (AvgIpc) is 3.21. The lowest BCUT2D eigenvalue weighted by molar-refractivity contribution is -0.115. The van der Waals surface area contributed by atoms with Crippen molar-refractivity contribution in [2.24, 2.45) is 0 Å². The Morgan fingerprint density at radius 1 is 0.931 bits per heavy atom. The number of ether oxygens (including phenoxy) is 2. The molecule has 0 atom stereocenters. The number of benzene rings is 3. The van der Waals surface area contributed by atoms with Crippen LogP contribution in [0.3, 0.4) is 0 Å². The number of hydrogen-bond donors (Lipinski definition) is 1. The Hall–Kier alpha value is -3.87. The Morgan fingerprint density at radius 2 is 1.72 bits per heavy atom. The van der Waals surface area contributed by atoms with Gasteiger partial charge >= 0.3 is 6.01 Å². The Balaban J connectivity index is 1.46. The molecule has 0 saturated carbocycles. The van der Waals surface area contributed by atoms with E-state index in [4.69, 9.17) is 13.9 Å². The number of methoxy groups -OCH3 is 2. The van der Waals surface area contributed by atoms with Gasteiger partial charge in [-0.2, -0.15) is 0 Å². The molecule has 1 amide bonds. The summed E-state index contributed by atoms with van der Waals surface area (Å²) in [4.78, 5) is 12.4. The van der Waals surface area contributed by atoms with Gasteiger partial charge in [0.25, 0.3) is 0 Å². The molecule has 0 fully saturated rings. The molecule has 0 spiro atoms. The maximum Gasteiger partial charge on any atom is 0.322 e. The minimum absolute atomic E-state index is 0.0422. The first-order valence-electron chi connectivity index (χ1n) is 8.99. The van der Waals surface area contributed by atoms with Gasteiger partial charge in [-0.25, -0.2) is 0 Å². The predicted molar refractivity (Wildman–Crippen MR) is 109 cm³/mol. The molecule has 0 aliphatic carbocycles. The zero-order valence-corrected chi connectivity index (χ0v) is 16.0. The van der Waals surface area contributed by atoms with Gasteiger partial charge in [0.15, 0.2) is 11.5 Å². The van der Waals surface area contributed by atoms with Crippen LogP contribution < -0.4 is 14.8 Å². The van der Waals surface area contributed by atoms with Crippen LogP contribution in [-0.2, 0) is 11.2 Å². The van der Waals surface area contributed by atoms with Crippen molar-refractivity contribution in [2.45, 2.75) is 6.42 Å². The monoisotopic (exact) mass is 389 g/mol. The van der Waals surface area contributed by atoms with Gasteiger partial charge in [-0.05, 0) is 34.5 Å². The molecular formula is C22H19N3O4. The molecule has 7 nitrogen and oxygen atoms in total. The van der Waals surface area contributed by atoms with E-state index < -0.39 is 0 Å². The number of carbonyl (C=O) groups is 1. The molecule has 4 rings (SSSR count). The molecular weight excluding hydrogens is 370 g/mol. The first kappa shape index (κ1) is 18.5. The summed E-state index contributed by atoms with van der Waals surface area (Å²) in [5.74, 6) is 1.18. The van der Waals surface area contributed by atoms with Gasteiger partial charge in [-0.3, -0.25) is 10.1 Å². The van der Waals surface area contributed by atoms with Crippen molar-refractivity contribution in [3.05, 3.63) is 66.2 Å². The van der Waals surface area contributed by atoms with Crippen molar-refractivity contribution in [3.8, 4) is 23.0 Å². The SMILES string of the molecule is COc1ccc(-c2nnc(NC(=O)Cc3ccc4ccccc4c3)o2)cc1OC. The highest BCUT2D eigenvalue weighted by atomic mass is 16.5. The van der Waals surface area contributed by atoms with Crippen LogP contribution in [-0.4, -0.2) is 30.3 Å². The molecule has 4 aromatic rings. The molecule has 0 aliphatic heterocycles. The normalized spacial score (nSPS) is 10.7. The molecule has 1 aromatic heterocycles. The lowest BCUT2D eigenvalue weighted by atomic mass is 10.1. The fraction of sp³-hybridized carbons (Fsp3) is 0.136. The maximum atomic E-state index is 12.4. The minimum atomic E-state index is -0.234. The molecule has 0 unspecified atom stereocenters. The largest absolute Gasteiger partial charge is 0.493 e. The first-order chi connectivity index (χ1) is 14.2. The molecule has 146 valence electrons. The third-order valence-electron chi connectivity index (χ3n) is 4.48. The Morgan fingerprint density at radius 3 is 2.52 bits per heavy atom. The molecule has 7 heteroatoms. The molecule has 29 heavy (non-hydrogen) atoms. The fourth-order valence-electron chi connectivity index (χ4n) is 3.06. The number of amides is 1. The van der Waals surface area contributed by atoms with E-state index in [2.05, 4.69) is 15.5 Å². The highest BCUT2D eigenvalue weighted by Gasteiger charge is 2.14. The Bertz CT molecular complexity index is 1170. The second-order valence-corrected chi connectivity index (χ2v) is 6.39. The number of rotatable bonds is 6. The van der Waals surface area contributed by atoms with Crippen molar-refractivity contribution >= 4 is 22.7 Å². The predicted octanol–water partition coefficient (Wildman–Crippen LogP) is 4.09. The van der Waals surface area contributed by atoms with Gasteiger partial charge in [-0.1, -0.05) is 47.6 Å². The lowest BCUT2D eigenvalue weighted by Crippen LogP contribution is -2.14. The van der Waals surface area contributed by atoms with E-state index in [1.54, 1.807) is 32.4 Å². The van der Waals surface area contributed by atoms with Crippen molar-refractivity contribution in [1.29, 1.82) is 0 Å². The molecule has 0 radical (unpaired) electrons. The van der Waals surface area contributed by atoms with Crippen molar-refractivity contribution in [1.82, 2.24) is 10.2 Å². The molecule has 0 aliphatic rings. The highest BCUT2D eigenvalue weighted by Crippen LogP contribution is 2.32. The van der Waals surface area contributed by atoms with Gasteiger partial charge in [-0.15, -0.1) is 5.10 Å². The fourth-order valence-corrected chi connectivity index (χ4v) is 3.06. The zero-order chi connectivity index (χ0) is 20.2. The van der Waals surface area contributed by atoms with E-state index in [-0.39, 0.29) is 24.2 Å². The van der Waals surface area contributed by atoms with Gasteiger partial charge in [0, 0.05) is 5.56 Å². The second kappa shape index (κ2) is 8.02. The van der Waals surface area contributed by atoms with Gasteiger partial charge in [0.05, 0.1) is 20.6 Å². The molecule has 1 N–H and O–H groups in total. The summed E-state index contributed by atoms with van der Waals surface area (Å²) in [6.07, 6.45) is 0.207. The van der Waals surface area contributed by atoms with E-state index in [9.17, 15) is 4.79 Å². The Kier molecular flexibility index (Phi) is 5.11. The average molecular weight is 389 g/mol. The van der Waals surface area contributed by atoms with Crippen LogP contribution in [0.4, 0.5) is 6.01 Å². The maximum absolute atomic E-state index is 12.4. The number of hydrogen-bond acceptors (Lipinski definition) is 6. The third-order valence-corrected chi connectivity index (χ3v) is 4.48. The van der Waals surface area contributed by atoms with Crippen LogP contribution in [0.1, 0.15) is 5.56 Å². The van der Waals surface area contributed by atoms with Gasteiger partial charge < -0.3 is 13.9 Å². The molecule has 3 aromatic carbocycles. The van der Waals surface area contributed by atoms with Crippen LogP contribution in [0, 0.1) is 0 Å². The van der Waals surface area contributed by atoms with Crippen LogP contribution in [0.25, 0.3) is 22.2 Å². The number of aromatic nitrogens is 2. The van der Waals surface area contributed by atoms with Crippen molar-refractivity contribution in [2.75, 3.05) is 19.5 Å². The lowest BCUT2D eigenvalue weighted by Gasteiger charge is -2.07. The highest BCUT2D eigenvalue weighted by molar-refractivity contribution is 5.91. The Labute approximate surface area is 167 Å². The van der Waals surface area contributed by atoms with Crippen LogP contribution in [0.15, 0.2) is 65.1 Å². The third kappa shape index (κ3) is 4.03. The van der Waals surface area contributed by atoms with Crippen LogP contribution >= 0.6 is 0 Å². The summed E-state index contributed by atoms with van der Waals surface area (Å²) in [6.45, 7) is 0. The standard InChI is InChI=1S/C22H19N3O4/c1-27-18-10-9-17(13-19(18)28-2)21-24-25-22(29-21)23-20(26)12-14-7-8-15-5-3-4-6-16(15)11-14/h3-11,13H,12H2,1-2H3,(H,23,25,26). The summed E-state index contributed by atoms with van der Waals surface area (Å²) < 4.78 is 16.1. The summed E-state index contributed by atoms with van der Waals surface area (Å²) in [6, 6.07) is 19.2. The van der Waals surface area contributed by atoms with E-state index >= 15 is 0 Å². The van der Waals surface area contributed by atoms with Gasteiger partial charge in [0.2, 0.25) is 11.8 Å². The summed E-state index contributed by atoms with van der Waals surface area (Å²) in [7, 11) is 3.11. The van der Waals surface area contributed by atoms with Gasteiger partial charge in [0.1, 0.15) is 0 Å². The van der Waals surface area contributed by atoms with E-state index in [1.807, 2.05) is 42.5 Å². The number of anilines is 1. The smallest absolute Gasteiger partial charge is 0.322 e. The molecule has 0 bridgehead atoms. The number of fused-ring (bicyclic) bond motifs is 1. The quantitative estimate of drug-likeness (QED) is 0.535. The van der Waals surface area contributed by atoms with E-state index in [0.29, 0.717) is 17.1 Å². The van der Waals surface area contributed by atoms with E-state index in [0.717, 1.165) is 16.3 Å². The van der Waals surface area contributed by atoms with Crippen LogP contribution in [0.2, 0.25) is 0 Å². The summed E-state index contributed by atoms with van der Waals surface area (Å²) in [5, 5.41) is 12.8. The number of nitrogens with one attached hydrogen (secondary N) is 1. The number of nitrogens with zero attached hydrogens (tertiary/aromatic N) is 2. The zero-order valence-electron chi connectivity index (χ0n) is 16.0. The summed E-state index contributed by atoms with van der Waals surface area (Å²) >= 11 is 0. The topological polar surface area (TPSA) is 86.5 Å². The first-order valence-corrected chi connectivity index (χ1v) is 8.99. The second-order valence-electron chi connectivity index (χ2n) is 6.39. The molecule has 1 heterocycles. The molecule has 0 saturated heterocycles. The minimum Gasteiger partial charge on any atom is -0.493 e. The summed E-state index contributed by atoms with van der Waals surface area (Å²) in [5.41, 5.74) is 1.56. The van der Waals surface area contributed by atoms with E-state index in [1.165, 1.54) is 0 Å².